The summed E-state index contributed by atoms with van der Waals surface area (Å²) in [5.74, 6) is -0.618. The maximum atomic E-state index is 14.0. The zero-order valence-corrected chi connectivity index (χ0v) is 18.3. The van der Waals surface area contributed by atoms with Gasteiger partial charge in [0.2, 0.25) is 0 Å². The van der Waals surface area contributed by atoms with Crippen LogP contribution in [0.15, 0.2) is 66.7 Å². The lowest BCUT2D eigenvalue weighted by molar-refractivity contribution is 0.0746. The average Bonchev–Trinajstić information content (AvgIpc) is 3.39. The SMILES string of the molecule is COc1ccc(CCN2C(=O)c3[nH]nc(-c4cc(F)ccc4O)c3C2c2ccc(F)cc2)cc1. The molecule has 4 aromatic rings. The number of carbonyl (C=O) groups is 1. The number of amides is 1. The quantitative estimate of drug-likeness (QED) is 0.430. The molecule has 172 valence electrons. The lowest BCUT2D eigenvalue weighted by Crippen LogP contribution is -2.31. The fraction of sp³-hybridized carbons (Fsp3) is 0.154. The number of H-pyrrole nitrogens is 1. The number of hydrogen-bond donors (Lipinski definition) is 2. The predicted molar refractivity (Wildman–Crippen MR) is 122 cm³/mol. The standard InChI is InChI=1S/C26H21F2N3O3/c1-34-19-9-2-15(3-10-19)12-13-31-25(16-4-6-17(27)7-5-16)22-23(29-30-24(22)26(31)33)20-14-18(28)8-11-21(20)32/h2-11,14,25,32H,12-13H2,1H3,(H,29,30). The van der Waals surface area contributed by atoms with E-state index >= 15 is 0 Å². The van der Waals surface area contributed by atoms with Crippen LogP contribution in [0.3, 0.4) is 0 Å². The van der Waals surface area contributed by atoms with Crippen LogP contribution in [0.5, 0.6) is 11.5 Å². The highest BCUT2D eigenvalue weighted by atomic mass is 19.1. The van der Waals surface area contributed by atoms with Crippen molar-refractivity contribution in [1.82, 2.24) is 15.1 Å². The largest absolute Gasteiger partial charge is 0.507 e. The Morgan fingerprint density at radius 3 is 2.44 bits per heavy atom. The summed E-state index contributed by atoms with van der Waals surface area (Å²) in [4.78, 5) is 15.1. The second kappa shape index (κ2) is 8.62. The first-order valence-corrected chi connectivity index (χ1v) is 10.7. The van der Waals surface area contributed by atoms with E-state index in [-0.39, 0.29) is 28.6 Å². The van der Waals surface area contributed by atoms with Crippen molar-refractivity contribution < 1.29 is 23.4 Å². The molecule has 2 heterocycles. The van der Waals surface area contributed by atoms with Gasteiger partial charge in [0.25, 0.3) is 5.91 Å². The number of aromatic amines is 1. The van der Waals surface area contributed by atoms with Crippen LogP contribution in [0.25, 0.3) is 11.3 Å². The molecule has 1 atom stereocenters. The van der Waals surface area contributed by atoms with E-state index in [1.165, 1.54) is 24.3 Å². The lowest BCUT2D eigenvalue weighted by Gasteiger charge is -2.26. The number of benzene rings is 3. The van der Waals surface area contributed by atoms with Crippen molar-refractivity contribution in [3.05, 3.63) is 101 Å². The number of aromatic nitrogens is 2. The first-order chi connectivity index (χ1) is 16.5. The molecule has 3 aromatic carbocycles. The number of aromatic hydroxyl groups is 1. The van der Waals surface area contributed by atoms with E-state index in [0.717, 1.165) is 17.4 Å². The number of phenols is 1. The Kier molecular flexibility index (Phi) is 5.49. The number of methoxy groups -OCH3 is 1. The first-order valence-electron chi connectivity index (χ1n) is 10.7. The third-order valence-corrected chi connectivity index (χ3v) is 6.06. The molecule has 0 radical (unpaired) electrons. The molecular formula is C26H21F2N3O3. The molecular weight excluding hydrogens is 440 g/mol. The molecule has 1 aliphatic rings. The van der Waals surface area contributed by atoms with Gasteiger partial charge in [-0.15, -0.1) is 0 Å². The molecule has 1 aromatic heterocycles. The number of phenolic OH excluding ortho intramolecular Hbond substituents is 1. The Balaban J connectivity index is 1.56. The van der Waals surface area contributed by atoms with E-state index in [1.54, 1.807) is 24.1 Å². The average molecular weight is 461 g/mol. The molecule has 0 bridgehead atoms. The molecule has 0 saturated carbocycles. The minimum Gasteiger partial charge on any atom is -0.507 e. The highest BCUT2D eigenvalue weighted by molar-refractivity contribution is 6.00. The summed E-state index contributed by atoms with van der Waals surface area (Å²) in [6.45, 7) is 0.379. The Morgan fingerprint density at radius 2 is 1.74 bits per heavy atom. The van der Waals surface area contributed by atoms with Crippen LogP contribution in [-0.4, -0.2) is 39.8 Å². The van der Waals surface area contributed by atoms with Gasteiger partial charge in [-0.2, -0.15) is 5.10 Å². The highest BCUT2D eigenvalue weighted by Gasteiger charge is 2.42. The number of rotatable bonds is 6. The van der Waals surface area contributed by atoms with E-state index in [2.05, 4.69) is 10.2 Å². The smallest absolute Gasteiger partial charge is 0.273 e. The molecule has 0 fully saturated rings. The lowest BCUT2D eigenvalue weighted by atomic mass is 9.95. The molecule has 5 rings (SSSR count). The van der Waals surface area contributed by atoms with Crippen molar-refractivity contribution in [2.24, 2.45) is 0 Å². The molecule has 1 unspecified atom stereocenters. The molecule has 8 heteroatoms. The molecule has 1 amide bonds. The van der Waals surface area contributed by atoms with Gasteiger partial charge in [-0.1, -0.05) is 24.3 Å². The zero-order valence-electron chi connectivity index (χ0n) is 18.3. The number of nitrogens with one attached hydrogen (secondary N) is 1. The van der Waals surface area contributed by atoms with Crippen molar-refractivity contribution in [2.45, 2.75) is 12.5 Å². The van der Waals surface area contributed by atoms with Gasteiger partial charge in [0.05, 0.1) is 13.2 Å². The van der Waals surface area contributed by atoms with E-state index in [9.17, 15) is 18.7 Å². The zero-order chi connectivity index (χ0) is 23.8. The fourth-order valence-corrected chi connectivity index (χ4v) is 4.36. The van der Waals surface area contributed by atoms with Crippen molar-refractivity contribution in [2.75, 3.05) is 13.7 Å². The summed E-state index contributed by atoms with van der Waals surface area (Å²) in [5, 5.41) is 17.4. The second-order valence-corrected chi connectivity index (χ2v) is 8.07. The Labute approximate surface area is 194 Å². The van der Waals surface area contributed by atoms with Crippen LogP contribution < -0.4 is 4.74 Å². The van der Waals surface area contributed by atoms with Crippen LogP contribution >= 0.6 is 0 Å². The van der Waals surface area contributed by atoms with E-state index < -0.39 is 17.7 Å². The number of halogens is 2. The maximum Gasteiger partial charge on any atom is 0.273 e. The summed E-state index contributed by atoms with van der Waals surface area (Å²) >= 11 is 0. The summed E-state index contributed by atoms with van der Waals surface area (Å²) in [6, 6.07) is 16.5. The molecule has 6 nitrogen and oxygen atoms in total. The number of ether oxygens (including phenoxy) is 1. The van der Waals surface area contributed by atoms with Crippen LogP contribution in [0.1, 0.15) is 33.2 Å². The number of fused-ring (bicyclic) bond motifs is 1. The van der Waals surface area contributed by atoms with Gasteiger partial charge >= 0.3 is 0 Å². The van der Waals surface area contributed by atoms with Crippen molar-refractivity contribution in [1.29, 1.82) is 0 Å². The maximum absolute atomic E-state index is 14.0. The minimum atomic E-state index is -0.585. The van der Waals surface area contributed by atoms with Gasteiger partial charge in [0.15, 0.2) is 0 Å². The van der Waals surface area contributed by atoms with Crippen LogP contribution in [0.4, 0.5) is 8.78 Å². The van der Waals surface area contributed by atoms with Gasteiger partial charge < -0.3 is 14.7 Å². The number of nitrogens with zero attached hydrogens (tertiary/aromatic N) is 2. The predicted octanol–water partition coefficient (Wildman–Crippen LogP) is 4.86. The molecule has 34 heavy (non-hydrogen) atoms. The Bertz CT molecular complexity index is 1350. The van der Waals surface area contributed by atoms with E-state index in [4.69, 9.17) is 4.74 Å². The normalized spacial score (nSPS) is 15.0. The van der Waals surface area contributed by atoms with Crippen molar-refractivity contribution in [3.8, 4) is 22.8 Å². The van der Waals surface area contributed by atoms with Crippen LogP contribution in [-0.2, 0) is 6.42 Å². The van der Waals surface area contributed by atoms with Gasteiger partial charge in [-0.3, -0.25) is 9.89 Å². The summed E-state index contributed by atoms with van der Waals surface area (Å²) < 4.78 is 32.9. The van der Waals surface area contributed by atoms with E-state index in [1.807, 2.05) is 24.3 Å². The third-order valence-electron chi connectivity index (χ3n) is 6.06. The summed E-state index contributed by atoms with van der Waals surface area (Å²) in [6.07, 6.45) is 0.575. The fourth-order valence-electron chi connectivity index (χ4n) is 4.36. The number of hydrogen-bond acceptors (Lipinski definition) is 4. The van der Waals surface area contributed by atoms with Crippen LogP contribution in [0, 0.1) is 11.6 Å². The number of carbonyl (C=O) groups excluding carboxylic acids is 1. The molecule has 0 aliphatic carbocycles. The minimum absolute atomic E-state index is 0.155. The van der Waals surface area contributed by atoms with Gasteiger partial charge in [0, 0.05) is 17.7 Å². The molecule has 0 saturated heterocycles. The van der Waals surface area contributed by atoms with Crippen LogP contribution in [0.2, 0.25) is 0 Å². The first kappa shape index (κ1) is 21.6. The summed E-state index contributed by atoms with van der Waals surface area (Å²) in [5.41, 5.74) is 2.94. The van der Waals surface area contributed by atoms with E-state index in [0.29, 0.717) is 24.1 Å². The molecule has 0 spiro atoms. The van der Waals surface area contributed by atoms with Crippen molar-refractivity contribution in [3.63, 3.8) is 0 Å². The molecule has 1 aliphatic heterocycles. The van der Waals surface area contributed by atoms with Gasteiger partial charge in [-0.05, 0) is 60.0 Å². The van der Waals surface area contributed by atoms with Crippen molar-refractivity contribution >= 4 is 5.91 Å². The highest BCUT2D eigenvalue weighted by Crippen LogP contribution is 2.44. The van der Waals surface area contributed by atoms with Gasteiger partial charge in [-0.25, -0.2) is 8.78 Å². The van der Waals surface area contributed by atoms with Gasteiger partial charge in [0.1, 0.15) is 34.5 Å². The Hall–Kier alpha value is -4.20. The Morgan fingerprint density at radius 1 is 1.03 bits per heavy atom. The monoisotopic (exact) mass is 461 g/mol. The third kappa shape index (κ3) is 3.77. The second-order valence-electron chi connectivity index (χ2n) is 8.07. The molecule has 2 N–H and O–H groups in total. The summed E-state index contributed by atoms with van der Waals surface area (Å²) in [7, 11) is 1.60. The topological polar surface area (TPSA) is 78.5 Å².